The molecule has 0 amide bonds. The number of ether oxygens (including phenoxy) is 1. The Labute approximate surface area is 120 Å². The van der Waals surface area contributed by atoms with Crippen molar-refractivity contribution in [1.82, 2.24) is 0 Å². The lowest BCUT2D eigenvalue weighted by atomic mass is 10.0. The average Bonchev–Trinajstić information content (AvgIpc) is 2.38. The second kappa shape index (κ2) is 6.60. The fourth-order valence-electron chi connectivity index (χ4n) is 2.72. The standard InChI is InChI=1S/C15H23ClN2O/c1-11(17)10-12-4-3-5-14(16)15(12)18(2)13-6-8-19-9-7-13/h3-5,11,13H,6-10,17H2,1-2H3. The maximum Gasteiger partial charge on any atom is 0.0642 e. The minimum Gasteiger partial charge on any atom is -0.381 e. The first-order valence-electron chi connectivity index (χ1n) is 6.93. The topological polar surface area (TPSA) is 38.5 Å². The summed E-state index contributed by atoms with van der Waals surface area (Å²) >= 11 is 6.41. The molecule has 1 atom stereocenters. The van der Waals surface area contributed by atoms with Gasteiger partial charge in [-0.2, -0.15) is 0 Å². The van der Waals surface area contributed by atoms with Crippen LogP contribution >= 0.6 is 11.6 Å². The average molecular weight is 283 g/mol. The number of nitrogens with two attached hydrogens (primary N) is 1. The molecule has 0 radical (unpaired) electrons. The number of hydrogen-bond acceptors (Lipinski definition) is 3. The summed E-state index contributed by atoms with van der Waals surface area (Å²) in [4.78, 5) is 2.31. The van der Waals surface area contributed by atoms with E-state index in [1.54, 1.807) is 0 Å². The number of rotatable bonds is 4. The van der Waals surface area contributed by atoms with E-state index < -0.39 is 0 Å². The van der Waals surface area contributed by atoms with Crippen molar-refractivity contribution in [2.24, 2.45) is 5.73 Å². The molecule has 19 heavy (non-hydrogen) atoms. The Morgan fingerprint density at radius 1 is 1.42 bits per heavy atom. The van der Waals surface area contributed by atoms with E-state index in [9.17, 15) is 0 Å². The van der Waals surface area contributed by atoms with Crippen LogP contribution in [0.25, 0.3) is 0 Å². The molecular weight excluding hydrogens is 260 g/mol. The van der Waals surface area contributed by atoms with Crippen molar-refractivity contribution in [3.63, 3.8) is 0 Å². The Morgan fingerprint density at radius 3 is 2.74 bits per heavy atom. The third-order valence-corrected chi connectivity index (χ3v) is 4.01. The zero-order chi connectivity index (χ0) is 13.8. The molecule has 1 aromatic carbocycles. The number of nitrogens with zero attached hydrogens (tertiary/aromatic N) is 1. The minimum atomic E-state index is 0.139. The first-order valence-corrected chi connectivity index (χ1v) is 7.31. The number of para-hydroxylation sites is 1. The molecule has 1 fully saturated rings. The van der Waals surface area contributed by atoms with Crippen LogP contribution in [0, 0.1) is 0 Å². The lowest BCUT2D eigenvalue weighted by Crippen LogP contribution is -2.37. The maximum absolute atomic E-state index is 6.41. The third-order valence-electron chi connectivity index (χ3n) is 3.70. The molecule has 0 aliphatic carbocycles. The molecule has 1 saturated heterocycles. The zero-order valence-electron chi connectivity index (χ0n) is 11.7. The van der Waals surface area contributed by atoms with E-state index in [0.717, 1.165) is 43.2 Å². The van der Waals surface area contributed by atoms with Crippen molar-refractivity contribution >= 4 is 17.3 Å². The van der Waals surface area contributed by atoms with Crippen LogP contribution < -0.4 is 10.6 Å². The Kier molecular flexibility index (Phi) is 5.08. The van der Waals surface area contributed by atoms with Gasteiger partial charge in [-0.3, -0.25) is 0 Å². The highest BCUT2D eigenvalue weighted by molar-refractivity contribution is 6.33. The lowest BCUT2D eigenvalue weighted by Gasteiger charge is -2.35. The van der Waals surface area contributed by atoms with Gasteiger partial charge in [-0.1, -0.05) is 23.7 Å². The van der Waals surface area contributed by atoms with Crippen LogP contribution in [-0.2, 0) is 11.2 Å². The minimum absolute atomic E-state index is 0.139. The number of halogens is 1. The van der Waals surface area contributed by atoms with Gasteiger partial charge >= 0.3 is 0 Å². The van der Waals surface area contributed by atoms with Gasteiger partial charge in [0.2, 0.25) is 0 Å². The fraction of sp³-hybridized carbons (Fsp3) is 0.600. The SMILES string of the molecule is CC(N)Cc1cccc(Cl)c1N(C)C1CCOCC1. The highest BCUT2D eigenvalue weighted by atomic mass is 35.5. The highest BCUT2D eigenvalue weighted by Gasteiger charge is 2.22. The Balaban J connectivity index is 2.25. The van der Waals surface area contributed by atoms with E-state index in [0.29, 0.717) is 6.04 Å². The molecule has 1 aliphatic heterocycles. The van der Waals surface area contributed by atoms with E-state index in [1.807, 2.05) is 19.1 Å². The van der Waals surface area contributed by atoms with Crippen LogP contribution in [0.5, 0.6) is 0 Å². The monoisotopic (exact) mass is 282 g/mol. The lowest BCUT2D eigenvalue weighted by molar-refractivity contribution is 0.0854. The smallest absolute Gasteiger partial charge is 0.0642 e. The first kappa shape index (κ1) is 14.6. The maximum atomic E-state index is 6.41. The summed E-state index contributed by atoms with van der Waals surface area (Å²) in [6, 6.07) is 6.72. The third kappa shape index (κ3) is 3.62. The quantitative estimate of drug-likeness (QED) is 0.923. The summed E-state index contributed by atoms with van der Waals surface area (Å²) in [6.07, 6.45) is 2.96. The normalized spacial score (nSPS) is 18.3. The largest absolute Gasteiger partial charge is 0.381 e. The van der Waals surface area contributed by atoms with Crippen LogP contribution in [0.1, 0.15) is 25.3 Å². The molecule has 1 aliphatic rings. The molecule has 0 bridgehead atoms. The molecule has 3 nitrogen and oxygen atoms in total. The van der Waals surface area contributed by atoms with E-state index >= 15 is 0 Å². The fourth-order valence-corrected chi connectivity index (χ4v) is 3.05. The van der Waals surface area contributed by atoms with Gasteiger partial charge in [0.1, 0.15) is 0 Å². The summed E-state index contributed by atoms with van der Waals surface area (Å²) in [7, 11) is 2.13. The van der Waals surface area contributed by atoms with Gasteiger partial charge < -0.3 is 15.4 Å². The summed E-state index contributed by atoms with van der Waals surface area (Å²) in [5.41, 5.74) is 8.31. The van der Waals surface area contributed by atoms with E-state index in [2.05, 4.69) is 18.0 Å². The van der Waals surface area contributed by atoms with Crippen LogP contribution in [0.15, 0.2) is 18.2 Å². The van der Waals surface area contributed by atoms with E-state index in [-0.39, 0.29) is 6.04 Å². The van der Waals surface area contributed by atoms with Crippen LogP contribution in [0.4, 0.5) is 5.69 Å². The van der Waals surface area contributed by atoms with Gasteiger partial charge in [-0.15, -0.1) is 0 Å². The number of benzene rings is 1. The summed E-state index contributed by atoms with van der Waals surface area (Å²) in [6.45, 7) is 3.70. The van der Waals surface area contributed by atoms with Crippen molar-refractivity contribution < 1.29 is 4.74 Å². The van der Waals surface area contributed by atoms with Gasteiger partial charge in [0, 0.05) is 32.3 Å². The predicted molar refractivity (Wildman–Crippen MR) is 81.0 cm³/mol. The van der Waals surface area contributed by atoms with Crippen molar-refractivity contribution in [3.05, 3.63) is 28.8 Å². The second-order valence-electron chi connectivity index (χ2n) is 5.38. The Morgan fingerprint density at radius 2 is 2.11 bits per heavy atom. The molecule has 106 valence electrons. The summed E-state index contributed by atoms with van der Waals surface area (Å²) in [5.74, 6) is 0. The molecule has 1 aromatic rings. The van der Waals surface area contributed by atoms with Crippen molar-refractivity contribution in [3.8, 4) is 0 Å². The molecule has 2 rings (SSSR count). The van der Waals surface area contributed by atoms with Crippen molar-refractivity contribution in [1.29, 1.82) is 0 Å². The molecule has 0 aromatic heterocycles. The van der Waals surface area contributed by atoms with Gasteiger partial charge in [0.15, 0.2) is 0 Å². The van der Waals surface area contributed by atoms with Gasteiger partial charge in [-0.05, 0) is 37.8 Å². The molecule has 1 unspecified atom stereocenters. The van der Waals surface area contributed by atoms with E-state index in [4.69, 9.17) is 22.1 Å². The van der Waals surface area contributed by atoms with Gasteiger partial charge in [0.25, 0.3) is 0 Å². The second-order valence-corrected chi connectivity index (χ2v) is 5.79. The molecule has 4 heteroatoms. The first-order chi connectivity index (χ1) is 9.09. The molecule has 2 N–H and O–H groups in total. The van der Waals surface area contributed by atoms with Crippen LogP contribution in [-0.4, -0.2) is 32.3 Å². The Hall–Kier alpha value is -0.770. The van der Waals surface area contributed by atoms with Crippen molar-refractivity contribution in [2.45, 2.75) is 38.3 Å². The van der Waals surface area contributed by atoms with E-state index in [1.165, 1.54) is 5.56 Å². The molecule has 1 heterocycles. The Bertz CT molecular complexity index is 417. The summed E-state index contributed by atoms with van der Waals surface area (Å²) in [5, 5.41) is 0.812. The molecule has 0 saturated carbocycles. The van der Waals surface area contributed by atoms with Crippen molar-refractivity contribution in [2.75, 3.05) is 25.2 Å². The highest BCUT2D eigenvalue weighted by Crippen LogP contribution is 2.33. The molecular formula is C15H23ClN2O. The molecule has 0 spiro atoms. The van der Waals surface area contributed by atoms with Gasteiger partial charge in [0.05, 0.1) is 10.7 Å². The van der Waals surface area contributed by atoms with Gasteiger partial charge in [-0.25, -0.2) is 0 Å². The number of anilines is 1. The summed E-state index contributed by atoms with van der Waals surface area (Å²) < 4.78 is 5.43. The zero-order valence-corrected chi connectivity index (χ0v) is 12.5. The predicted octanol–water partition coefficient (Wildman–Crippen LogP) is 2.84. The van der Waals surface area contributed by atoms with Crippen LogP contribution in [0.2, 0.25) is 5.02 Å². The van der Waals surface area contributed by atoms with Crippen LogP contribution in [0.3, 0.4) is 0 Å². The number of hydrogen-bond donors (Lipinski definition) is 1.